The lowest BCUT2D eigenvalue weighted by Crippen LogP contribution is -2.29. The van der Waals surface area contributed by atoms with Gasteiger partial charge in [-0.25, -0.2) is 0 Å². The predicted molar refractivity (Wildman–Crippen MR) is 80.7 cm³/mol. The van der Waals surface area contributed by atoms with Crippen molar-refractivity contribution in [1.82, 2.24) is 9.88 Å². The van der Waals surface area contributed by atoms with Crippen LogP contribution in [0.3, 0.4) is 0 Å². The predicted octanol–water partition coefficient (Wildman–Crippen LogP) is 1.96. The van der Waals surface area contributed by atoms with E-state index in [0.29, 0.717) is 24.4 Å². The van der Waals surface area contributed by atoms with Crippen LogP contribution in [0.4, 0.5) is 0 Å². The Hall–Kier alpha value is -1.08. The van der Waals surface area contributed by atoms with E-state index in [0.717, 1.165) is 10.9 Å². The molecule has 0 radical (unpaired) electrons. The second-order valence-corrected chi connectivity index (χ2v) is 6.65. The fourth-order valence-electron chi connectivity index (χ4n) is 2.00. The van der Waals surface area contributed by atoms with Crippen LogP contribution in [0.1, 0.15) is 16.8 Å². The Balaban J connectivity index is 1.89. The van der Waals surface area contributed by atoms with Gasteiger partial charge in [0.15, 0.2) is 0 Å². The molecule has 0 spiro atoms. The minimum absolute atomic E-state index is 0.0139. The average Bonchev–Trinajstić information content (AvgIpc) is 2.92. The molecule has 1 aliphatic heterocycles. The maximum Gasteiger partial charge on any atom is 0.315 e. The van der Waals surface area contributed by atoms with Crippen LogP contribution in [-0.2, 0) is 9.53 Å². The van der Waals surface area contributed by atoms with E-state index in [9.17, 15) is 9.59 Å². The Morgan fingerprint density at radius 3 is 3.05 bits per heavy atom. The zero-order valence-electron chi connectivity index (χ0n) is 11.0. The Morgan fingerprint density at radius 2 is 2.35 bits per heavy atom. The van der Waals surface area contributed by atoms with E-state index in [1.54, 1.807) is 35.1 Å². The Labute approximate surface area is 130 Å². The lowest BCUT2D eigenvalue weighted by molar-refractivity contribution is -0.137. The molecule has 1 saturated heterocycles. The van der Waals surface area contributed by atoms with E-state index in [2.05, 4.69) is 25.7 Å². The Kier molecular flexibility index (Phi) is 5.42. The van der Waals surface area contributed by atoms with Crippen molar-refractivity contribution in [1.29, 1.82) is 0 Å². The van der Waals surface area contributed by atoms with Gasteiger partial charge in [0.1, 0.15) is 0 Å². The molecule has 108 valence electrons. The molecule has 1 unspecified atom stereocenters. The number of hydrogen-bond donors (Lipinski definition) is 0. The van der Waals surface area contributed by atoms with Gasteiger partial charge < -0.3 is 9.64 Å². The van der Waals surface area contributed by atoms with Gasteiger partial charge in [-0.3, -0.25) is 14.6 Å². The summed E-state index contributed by atoms with van der Waals surface area (Å²) in [6, 6.07) is 1.77. The minimum Gasteiger partial charge on any atom is -0.468 e. The van der Waals surface area contributed by atoms with Crippen LogP contribution >= 0.6 is 27.7 Å². The van der Waals surface area contributed by atoms with Crippen LogP contribution in [0.25, 0.3) is 0 Å². The molecule has 0 N–H and O–H groups in total. The fraction of sp³-hybridized carbons (Fsp3) is 0.462. The summed E-state index contributed by atoms with van der Waals surface area (Å²) >= 11 is 4.85. The van der Waals surface area contributed by atoms with Crippen LogP contribution < -0.4 is 0 Å². The van der Waals surface area contributed by atoms with Crippen LogP contribution in [0.2, 0.25) is 0 Å². The molecule has 0 saturated carbocycles. The molecule has 2 rings (SSSR count). The van der Waals surface area contributed by atoms with E-state index in [1.165, 1.54) is 7.11 Å². The summed E-state index contributed by atoms with van der Waals surface area (Å²) in [6.07, 6.45) is 4.12. The summed E-state index contributed by atoms with van der Waals surface area (Å²) in [6.45, 7) is 1.37. The molecule has 0 bridgehead atoms. The number of ether oxygens (including phenoxy) is 1. The molecular weight excluding hydrogens is 344 g/mol. The molecule has 1 aliphatic rings. The summed E-state index contributed by atoms with van der Waals surface area (Å²) in [7, 11) is 1.38. The molecule has 1 aromatic rings. The van der Waals surface area contributed by atoms with Gasteiger partial charge in [-0.1, -0.05) is 0 Å². The van der Waals surface area contributed by atoms with Crippen molar-refractivity contribution < 1.29 is 14.3 Å². The molecule has 0 aromatic carbocycles. The molecule has 5 nitrogen and oxygen atoms in total. The van der Waals surface area contributed by atoms with E-state index in [1.807, 2.05) is 0 Å². The highest BCUT2D eigenvalue weighted by Gasteiger charge is 2.27. The highest BCUT2D eigenvalue weighted by Crippen LogP contribution is 2.24. The summed E-state index contributed by atoms with van der Waals surface area (Å²) < 4.78 is 5.40. The van der Waals surface area contributed by atoms with Gasteiger partial charge >= 0.3 is 5.97 Å². The number of likely N-dealkylation sites (tertiary alicyclic amines) is 1. The lowest BCUT2D eigenvalue weighted by Gasteiger charge is -2.16. The van der Waals surface area contributed by atoms with Crippen LogP contribution in [-0.4, -0.2) is 53.0 Å². The van der Waals surface area contributed by atoms with Crippen LogP contribution in [0.15, 0.2) is 22.9 Å². The number of aromatic nitrogens is 1. The first-order valence-corrected chi connectivity index (χ1v) is 8.02. The van der Waals surface area contributed by atoms with E-state index >= 15 is 0 Å². The van der Waals surface area contributed by atoms with Crippen molar-refractivity contribution >= 4 is 39.6 Å². The molecule has 0 aliphatic carbocycles. The largest absolute Gasteiger partial charge is 0.468 e. The third-order valence-corrected chi connectivity index (χ3v) is 4.74. The second-order valence-electron chi connectivity index (χ2n) is 4.44. The summed E-state index contributed by atoms with van der Waals surface area (Å²) in [5.41, 5.74) is 0.581. The number of carbonyl (C=O) groups is 2. The monoisotopic (exact) mass is 358 g/mol. The number of rotatable bonds is 4. The van der Waals surface area contributed by atoms with Crippen molar-refractivity contribution in [2.75, 3.05) is 26.0 Å². The number of thioether (sulfide) groups is 1. The third-order valence-electron chi connectivity index (χ3n) is 3.05. The summed E-state index contributed by atoms with van der Waals surface area (Å²) in [4.78, 5) is 29.2. The first kappa shape index (κ1) is 15.3. The molecule has 1 amide bonds. The van der Waals surface area contributed by atoms with Crippen LogP contribution in [0.5, 0.6) is 0 Å². The number of methoxy groups -OCH3 is 1. The highest BCUT2D eigenvalue weighted by molar-refractivity contribution is 9.10. The molecule has 1 aromatic heterocycles. The molecule has 20 heavy (non-hydrogen) atoms. The third kappa shape index (κ3) is 3.96. The maximum absolute atomic E-state index is 12.3. The maximum atomic E-state index is 12.3. The minimum atomic E-state index is -0.226. The van der Waals surface area contributed by atoms with Gasteiger partial charge in [-0.05, 0) is 28.4 Å². The fourth-order valence-corrected chi connectivity index (χ4v) is 3.42. The number of nitrogens with zero attached hydrogens (tertiary/aromatic N) is 2. The topological polar surface area (TPSA) is 59.5 Å². The van der Waals surface area contributed by atoms with Crippen LogP contribution in [0, 0.1) is 0 Å². The van der Waals surface area contributed by atoms with Gasteiger partial charge in [0.2, 0.25) is 0 Å². The van der Waals surface area contributed by atoms with Gasteiger partial charge in [0.05, 0.1) is 18.4 Å². The number of pyridine rings is 1. The number of halogens is 1. The summed E-state index contributed by atoms with van der Waals surface area (Å²) in [5.74, 6) is 0.0951. The first-order valence-electron chi connectivity index (χ1n) is 6.18. The number of hydrogen-bond acceptors (Lipinski definition) is 5. The normalized spacial score (nSPS) is 18.1. The Bertz CT molecular complexity index is 512. The molecule has 2 heterocycles. The van der Waals surface area contributed by atoms with Gasteiger partial charge in [0.25, 0.3) is 5.91 Å². The quantitative estimate of drug-likeness (QED) is 0.770. The SMILES string of the molecule is COC(=O)CSC1CCN(C(=O)c2cncc(Br)c2)C1. The highest BCUT2D eigenvalue weighted by atomic mass is 79.9. The molecule has 1 fully saturated rings. The zero-order valence-corrected chi connectivity index (χ0v) is 13.4. The van der Waals surface area contributed by atoms with Crippen molar-refractivity contribution in [2.24, 2.45) is 0 Å². The van der Waals surface area contributed by atoms with E-state index < -0.39 is 0 Å². The first-order chi connectivity index (χ1) is 9.60. The van der Waals surface area contributed by atoms with Gasteiger partial charge in [0, 0.05) is 35.2 Å². The average molecular weight is 359 g/mol. The van der Waals surface area contributed by atoms with Crippen molar-refractivity contribution in [3.63, 3.8) is 0 Å². The van der Waals surface area contributed by atoms with Gasteiger partial charge in [-0.15, -0.1) is 11.8 Å². The van der Waals surface area contributed by atoms with Crippen molar-refractivity contribution in [3.8, 4) is 0 Å². The summed E-state index contributed by atoms with van der Waals surface area (Å²) in [5, 5.41) is 0.290. The van der Waals surface area contributed by atoms with E-state index in [-0.39, 0.29) is 17.1 Å². The number of amides is 1. The van der Waals surface area contributed by atoms with Crippen molar-refractivity contribution in [2.45, 2.75) is 11.7 Å². The molecule has 7 heteroatoms. The lowest BCUT2D eigenvalue weighted by atomic mass is 10.2. The van der Waals surface area contributed by atoms with Gasteiger partial charge in [-0.2, -0.15) is 0 Å². The molecule has 1 atom stereocenters. The second kappa shape index (κ2) is 7.08. The molecular formula is C13H15BrN2O3S. The Morgan fingerprint density at radius 1 is 1.55 bits per heavy atom. The van der Waals surface area contributed by atoms with E-state index in [4.69, 9.17) is 0 Å². The van der Waals surface area contributed by atoms with Crippen molar-refractivity contribution in [3.05, 3.63) is 28.5 Å². The zero-order chi connectivity index (χ0) is 14.5. The standard InChI is InChI=1S/C13H15BrN2O3S/c1-19-12(17)8-20-11-2-3-16(7-11)13(18)9-4-10(14)6-15-5-9/h4-6,11H,2-3,7-8H2,1H3. The number of carbonyl (C=O) groups excluding carboxylic acids is 2. The number of esters is 1. The smallest absolute Gasteiger partial charge is 0.315 e.